The lowest BCUT2D eigenvalue weighted by atomic mass is 10.1. The van der Waals surface area contributed by atoms with E-state index in [9.17, 15) is 22.4 Å². The molecule has 0 aliphatic heterocycles. The summed E-state index contributed by atoms with van der Waals surface area (Å²) in [5.74, 6) is -1.41. The monoisotopic (exact) mass is 545 g/mol. The van der Waals surface area contributed by atoms with Gasteiger partial charge in [0, 0.05) is 18.1 Å². The van der Waals surface area contributed by atoms with E-state index in [1.165, 1.54) is 53.4 Å². The van der Waals surface area contributed by atoms with Crippen LogP contribution in [0.2, 0.25) is 5.02 Å². The lowest BCUT2D eigenvalue weighted by Crippen LogP contribution is -2.51. The summed E-state index contributed by atoms with van der Waals surface area (Å²) in [4.78, 5) is 27.7. The summed E-state index contributed by atoms with van der Waals surface area (Å²) in [5.41, 5.74) is 1.57. The van der Waals surface area contributed by atoms with E-state index in [0.717, 1.165) is 4.31 Å². The number of carbonyl (C=O) groups excluding carboxylic acids is 2. The summed E-state index contributed by atoms with van der Waals surface area (Å²) in [6.45, 7) is 4.87. The molecule has 0 unspecified atom stereocenters. The lowest BCUT2D eigenvalue weighted by molar-refractivity contribution is -0.139. The fraction of sp³-hybridized carbons (Fsp3) is 0.259. The largest absolute Gasteiger partial charge is 0.355 e. The summed E-state index contributed by atoms with van der Waals surface area (Å²) < 4.78 is 42.0. The van der Waals surface area contributed by atoms with Gasteiger partial charge < -0.3 is 10.2 Å². The quantitative estimate of drug-likeness (QED) is 0.405. The standard InChI is InChI=1S/C27H29ClFN3O4S/c1-4-30-27(34)20(3)31(17-21-9-13-23(29)14-10-21)26(33)18-32(25-8-6-5-7-19(25)2)37(35,36)24-15-11-22(28)12-16-24/h5-16,20H,4,17-18H2,1-3H3,(H,30,34)/t20-/m0/s1. The third-order valence-corrected chi connectivity index (χ3v) is 7.88. The van der Waals surface area contributed by atoms with Crippen molar-refractivity contribution in [2.75, 3.05) is 17.4 Å². The Hall–Kier alpha value is -3.43. The third kappa shape index (κ3) is 6.87. The molecular formula is C27H29ClFN3O4S. The number of benzene rings is 3. The average molecular weight is 546 g/mol. The topological polar surface area (TPSA) is 86.8 Å². The Morgan fingerprint density at radius 1 is 1.00 bits per heavy atom. The highest BCUT2D eigenvalue weighted by Crippen LogP contribution is 2.28. The highest BCUT2D eigenvalue weighted by atomic mass is 35.5. The number of hydrogen-bond donors (Lipinski definition) is 1. The minimum atomic E-state index is -4.18. The Balaban J connectivity index is 2.03. The average Bonchev–Trinajstić information content (AvgIpc) is 2.87. The number of likely N-dealkylation sites (N-methyl/N-ethyl adjacent to an activating group) is 1. The molecule has 37 heavy (non-hydrogen) atoms. The highest BCUT2D eigenvalue weighted by Gasteiger charge is 2.33. The van der Waals surface area contributed by atoms with Gasteiger partial charge in [-0.1, -0.05) is 41.9 Å². The zero-order chi connectivity index (χ0) is 27.2. The number of para-hydroxylation sites is 1. The van der Waals surface area contributed by atoms with E-state index in [-0.39, 0.29) is 17.3 Å². The Morgan fingerprint density at radius 2 is 1.62 bits per heavy atom. The Morgan fingerprint density at radius 3 is 2.22 bits per heavy atom. The normalized spacial score (nSPS) is 12.0. The summed E-state index contributed by atoms with van der Waals surface area (Å²) >= 11 is 5.96. The van der Waals surface area contributed by atoms with Crippen molar-refractivity contribution in [2.45, 2.75) is 38.3 Å². The number of halogens is 2. The Kier molecular flexibility index (Phi) is 9.29. The van der Waals surface area contributed by atoms with Gasteiger partial charge in [-0.25, -0.2) is 12.8 Å². The first-order valence-corrected chi connectivity index (χ1v) is 13.5. The van der Waals surface area contributed by atoms with Gasteiger partial charge >= 0.3 is 0 Å². The molecule has 0 spiro atoms. The van der Waals surface area contributed by atoms with Crippen molar-refractivity contribution < 1.29 is 22.4 Å². The molecule has 1 atom stereocenters. The second-order valence-electron chi connectivity index (χ2n) is 8.47. The predicted octanol–water partition coefficient (Wildman–Crippen LogP) is 4.54. The van der Waals surface area contributed by atoms with Gasteiger partial charge in [-0.05, 0) is 74.4 Å². The maximum absolute atomic E-state index is 13.7. The number of sulfonamides is 1. The maximum Gasteiger partial charge on any atom is 0.264 e. The molecule has 2 amide bonds. The number of carbonyl (C=O) groups is 2. The zero-order valence-corrected chi connectivity index (χ0v) is 22.4. The fourth-order valence-electron chi connectivity index (χ4n) is 3.78. The predicted molar refractivity (Wildman–Crippen MR) is 142 cm³/mol. The van der Waals surface area contributed by atoms with E-state index in [4.69, 9.17) is 11.6 Å². The van der Waals surface area contributed by atoms with Crippen LogP contribution in [0.25, 0.3) is 0 Å². The second-order valence-corrected chi connectivity index (χ2v) is 10.8. The molecule has 0 fully saturated rings. The molecule has 0 radical (unpaired) electrons. The lowest BCUT2D eigenvalue weighted by Gasteiger charge is -2.32. The van der Waals surface area contributed by atoms with Crippen LogP contribution >= 0.6 is 11.6 Å². The number of rotatable bonds is 10. The van der Waals surface area contributed by atoms with Crippen molar-refractivity contribution in [3.05, 3.63) is 94.8 Å². The SMILES string of the molecule is CCNC(=O)[C@H](C)N(Cc1ccc(F)cc1)C(=O)CN(c1ccccc1C)S(=O)(=O)c1ccc(Cl)cc1. The summed E-state index contributed by atoms with van der Waals surface area (Å²) in [6.07, 6.45) is 0. The molecule has 0 aliphatic carbocycles. The van der Waals surface area contributed by atoms with Gasteiger partial charge in [0.2, 0.25) is 11.8 Å². The smallest absolute Gasteiger partial charge is 0.264 e. The van der Waals surface area contributed by atoms with Crippen LogP contribution in [0.15, 0.2) is 77.7 Å². The molecule has 196 valence electrons. The van der Waals surface area contributed by atoms with Crippen molar-refractivity contribution >= 4 is 39.1 Å². The van der Waals surface area contributed by atoms with Crippen molar-refractivity contribution in [1.82, 2.24) is 10.2 Å². The van der Waals surface area contributed by atoms with Crippen LogP contribution < -0.4 is 9.62 Å². The van der Waals surface area contributed by atoms with Gasteiger partial charge in [-0.3, -0.25) is 13.9 Å². The van der Waals surface area contributed by atoms with E-state index in [0.29, 0.717) is 28.4 Å². The molecule has 10 heteroatoms. The van der Waals surface area contributed by atoms with Gasteiger partial charge in [0.1, 0.15) is 18.4 Å². The van der Waals surface area contributed by atoms with Crippen molar-refractivity contribution in [3.63, 3.8) is 0 Å². The molecule has 3 aromatic carbocycles. The minimum Gasteiger partial charge on any atom is -0.355 e. The van der Waals surface area contributed by atoms with Crippen molar-refractivity contribution in [2.24, 2.45) is 0 Å². The molecule has 0 aromatic heterocycles. The van der Waals surface area contributed by atoms with Gasteiger partial charge in [-0.15, -0.1) is 0 Å². The summed E-state index contributed by atoms with van der Waals surface area (Å²) in [7, 11) is -4.18. The third-order valence-electron chi connectivity index (χ3n) is 5.85. The fourth-order valence-corrected chi connectivity index (χ4v) is 5.39. The molecule has 0 saturated carbocycles. The van der Waals surface area contributed by atoms with Crippen LogP contribution in [0.3, 0.4) is 0 Å². The molecule has 0 bridgehead atoms. The molecule has 0 saturated heterocycles. The highest BCUT2D eigenvalue weighted by molar-refractivity contribution is 7.92. The zero-order valence-electron chi connectivity index (χ0n) is 20.8. The molecule has 0 aliphatic rings. The van der Waals surface area contributed by atoms with E-state index in [2.05, 4.69) is 5.32 Å². The number of anilines is 1. The molecular weight excluding hydrogens is 517 g/mol. The van der Waals surface area contributed by atoms with Gasteiger partial charge in [-0.2, -0.15) is 0 Å². The molecule has 1 N–H and O–H groups in total. The van der Waals surface area contributed by atoms with E-state index < -0.39 is 34.3 Å². The van der Waals surface area contributed by atoms with Crippen LogP contribution in [0, 0.1) is 12.7 Å². The number of nitrogens with zero attached hydrogens (tertiary/aromatic N) is 2. The van der Waals surface area contributed by atoms with E-state index in [1.807, 2.05) is 0 Å². The van der Waals surface area contributed by atoms with Gasteiger partial charge in [0.25, 0.3) is 10.0 Å². The van der Waals surface area contributed by atoms with E-state index >= 15 is 0 Å². The first-order chi connectivity index (χ1) is 17.5. The van der Waals surface area contributed by atoms with Crippen LogP contribution in [0.4, 0.5) is 10.1 Å². The summed E-state index contributed by atoms with van der Waals surface area (Å²) in [6, 6.07) is 17.2. The van der Waals surface area contributed by atoms with Crippen LogP contribution in [-0.2, 0) is 26.2 Å². The molecule has 0 heterocycles. The van der Waals surface area contributed by atoms with Crippen LogP contribution in [0.5, 0.6) is 0 Å². The number of nitrogens with one attached hydrogen (secondary N) is 1. The maximum atomic E-state index is 13.7. The second kappa shape index (κ2) is 12.2. The van der Waals surface area contributed by atoms with Crippen molar-refractivity contribution in [1.29, 1.82) is 0 Å². The Labute approximate surface area is 221 Å². The first-order valence-electron chi connectivity index (χ1n) is 11.7. The van der Waals surface area contributed by atoms with Crippen LogP contribution in [0.1, 0.15) is 25.0 Å². The molecule has 3 aromatic rings. The molecule has 3 rings (SSSR count). The number of hydrogen-bond acceptors (Lipinski definition) is 4. The Bertz CT molecular complexity index is 1350. The first kappa shape index (κ1) is 28.1. The number of aryl methyl sites for hydroxylation is 1. The van der Waals surface area contributed by atoms with Crippen LogP contribution in [-0.4, -0.2) is 44.3 Å². The molecule has 7 nitrogen and oxygen atoms in total. The minimum absolute atomic E-state index is 0.0139. The van der Waals surface area contributed by atoms with E-state index in [1.54, 1.807) is 45.0 Å². The van der Waals surface area contributed by atoms with Gasteiger partial charge in [0.05, 0.1) is 10.6 Å². The number of amides is 2. The van der Waals surface area contributed by atoms with Gasteiger partial charge in [0.15, 0.2) is 0 Å². The summed E-state index contributed by atoms with van der Waals surface area (Å²) in [5, 5.41) is 3.07. The van der Waals surface area contributed by atoms with Crippen molar-refractivity contribution in [3.8, 4) is 0 Å².